The van der Waals surface area contributed by atoms with Crippen LogP contribution in [0.2, 0.25) is 5.15 Å². The number of nitrogens with zero attached hydrogens (tertiary/aromatic N) is 4. The normalized spacial score (nSPS) is 19.6. The molecule has 0 amide bonds. The number of aromatic nitrogens is 4. The van der Waals surface area contributed by atoms with Crippen LogP contribution < -0.4 is 0 Å². The van der Waals surface area contributed by atoms with Gasteiger partial charge in [-0.25, -0.2) is 9.97 Å². The van der Waals surface area contributed by atoms with Crippen LogP contribution in [0.25, 0.3) is 11.0 Å². The van der Waals surface area contributed by atoms with Gasteiger partial charge in [-0.2, -0.15) is 5.10 Å². The quantitative estimate of drug-likeness (QED) is 0.809. The van der Waals surface area contributed by atoms with Gasteiger partial charge >= 0.3 is 0 Å². The molecule has 0 aliphatic carbocycles. The summed E-state index contributed by atoms with van der Waals surface area (Å²) < 4.78 is 12.9. The van der Waals surface area contributed by atoms with Crippen LogP contribution in [0.5, 0.6) is 0 Å². The average molecular weight is 297 g/mol. The van der Waals surface area contributed by atoms with Gasteiger partial charge in [-0.15, -0.1) is 0 Å². The highest BCUT2D eigenvalue weighted by Crippen LogP contribution is 2.19. The van der Waals surface area contributed by atoms with Crippen molar-refractivity contribution in [3.05, 3.63) is 17.2 Å². The molecule has 0 bridgehead atoms. The molecule has 0 radical (unpaired) electrons. The third-order valence-corrected chi connectivity index (χ3v) is 3.69. The Hall–Kier alpha value is -1.24. The van der Waals surface area contributed by atoms with E-state index in [0.717, 1.165) is 30.5 Å². The number of hydrogen-bond donors (Lipinski definition) is 0. The highest BCUT2D eigenvalue weighted by molar-refractivity contribution is 6.33. The van der Waals surface area contributed by atoms with Crippen molar-refractivity contribution < 1.29 is 9.47 Å². The zero-order valence-electron chi connectivity index (χ0n) is 11.4. The fourth-order valence-electron chi connectivity index (χ4n) is 2.32. The first-order valence-corrected chi connectivity index (χ1v) is 7.15. The summed E-state index contributed by atoms with van der Waals surface area (Å²) in [6, 6.07) is 0. The summed E-state index contributed by atoms with van der Waals surface area (Å²) in [5, 5.41) is 5.29. The van der Waals surface area contributed by atoms with Crippen LogP contribution >= 0.6 is 11.6 Å². The molecule has 108 valence electrons. The first-order valence-electron chi connectivity index (χ1n) is 6.77. The SMILES string of the molecule is Cn1ncc2c(Cl)nc(COCC3CCCCO3)nc21. The summed E-state index contributed by atoms with van der Waals surface area (Å²) >= 11 is 6.12. The number of rotatable bonds is 4. The highest BCUT2D eigenvalue weighted by Gasteiger charge is 2.15. The van der Waals surface area contributed by atoms with Crippen LogP contribution in [0.15, 0.2) is 6.20 Å². The van der Waals surface area contributed by atoms with E-state index < -0.39 is 0 Å². The molecule has 2 aromatic heterocycles. The van der Waals surface area contributed by atoms with E-state index in [0.29, 0.717) is 24.2 Å². The van der Waals surface area contributed by atoms with Gasteiger partial charge in [-0.05, 0) is 19.3 Å². The second-order valence-electron chi connectivity index (χ2n) is 4.94. The average Bonchev–Trinajstić information content (AvgIpc) is 2.82. The van der Waals surface area contributed by atoms with E-state index in [2.05, 4.69) is 15.1 Å². The van der Waals surface area contributed by atoms with E-state index in [-0.39, 0.29) is 6.10 Å². The number of hydrogen-bond acceptors (Lipinski definition) is 5. The second-order valence-corrected chi connectivity index (χ2v) is 5.30. The molecule has 0 spiro atoms. The van der Waals surface area contributed by atoms with E-state index in [1.54, 1.807) is 10.9 Å². The van der Waals surface area contributed by atoms with Gasteiger partial charge in [-0.1, -0.05) is 11.6 Å². The maximum Gasteiger partial charge on any atom is 0.162 e. The fourth-order valence-corrected chi connectivity index (χ4v) is 2.55. The molecule has 1 fully saturated rings. The lowest BCUT2D eigenvalue weighted by atomic mass is 10.1. The van der Waals surface area contributed by atoms with Crippen molar-refractivity contribution in [2.45, 2.75) is 32.0 Å². The van der Waals surface area contributed by atoms with Crippen LogP contribution in [0.3, 0.4) is 0 Å². The van der Waals surface area contributed by atoms with E-state index in [1.807, 2.05) is 7.05 Å². The van der Waals surface area contributed by atoms with Crippen LogP contribution in [0, 0.1) is 0 Å². The maximum absolute atomic E-state index is 6.12. The molecule has 1 atom stereocenters. The number of fused-ring (bicyclic) bond motifs is 1. The Bertz CT molecular complexity index is 595. The third-order valence-electron chi connectivity index (χ3n) is 3.40. The van der Waals surface area contributed by atoms with E-state index in [9.17, 15) is 0 Å². The fraction of sp³-hybridized carbons (Fsp3) is 0.615. The first kappa shape index (κ1) is 13.7. The molecule has 1 aliphatic rings. The minimum Gasteiger partial charge on any atom is -0.376 e. The molecule has 6 nitrogen and oxygen atoms in total. The lowest BCUT2D eigenvalue weighted by molar-refractivity contribution is -0.0457. The Morgan fingerprint density at radius 1 is 1.45 bits per heavy atom. The van der Waals surface area contributed by atoms with Crippen LogP contribution in [-0.4, -0.2) is 39.1 Å². The van der Waals surface area contributed by atoms with Gasteiger partial charge in [0.25, 0.3) is 0 Å². The lowest BCUT2D eigenvalue weighted by Gasteiger charge is -2.22. The highest BCUT2D eigenvalue weighted by atomic mass is 35.5. The minimum atomic E-state index is 0.194. The van der Waals surface area contributed by atoms with Gasteiger partial charge < -0.3 is 9.47 Å². The smallest absolute Gasteiger partial charge is 0.162 e. The summed E-state index contributed by atoms with van der Waals surface area (Å²) in [4.78, 5) is 8.65. The molecular formula is C13H17ClN4O2. The van der Waals surface area contributed by atoms with Gasteiger partial charge in [0.1, 0.15) is 11.8 Å². The molecule has 1 saturated heterocycles. The van der Waals surface area contributed by atoms with Gasteiger partial charge in [0, 0.05) is 13.7 Å². The Morgan fingerprint density at radius 2 is 2.35 bits per heavy atom. The molecule has 20 heavy (non-hydrogen) atoms. The molecule has 7 heteroatoms. The van der Waals surface area contributed by atoms with Crippen molar-refractivity contribution in [3.63, 3.8) is 0 Å². The van der Waals surface area contributed by atoms with E-state index in [4.69, 9.17) is 21.1 Å². The standard InChI is InChI=1S/C13H17ClN4O2/c1-18-13-10(6-15-18)12(14)16-11(17-13)8-19-7-9-4-2-3-5-20-9/h6,9H,2-5,7-8H2,1H3. The van der Waals surface area contributed by atoms with Gasteiger partial charge in [0.05, 0.1) is 24.3 Å². The number of halogens is 1. The zero-order chi connectivity index (χ0) is 13.9. The minimum absolute atomic E-state index is 0.194. The predicted molar refractivity (Wildman–Crippen MR) is 74.6 cm³/mol. The Balaban J connectivity index is 1.63. The monoisotopic (exact) mass is 296 g/mol. The van der Waals surface area contributed by atoms with Crippen molar-refractivity contribution in [1.29, 1.82) is 0 Å². The first-order chi connectivity index (χ1) is 9.74. The van der Waals surface area contributed by atoms with Crippen LogP contribution in [0.1, 0.15) is 25.1 Å². The molecule has 1 unspecified atom stereocenters. The summed E-state index contributed by atoms with van der Waals surface area (Å²) in [6.07, 6.45) is 5.27. The molecule has 0 N–H and O–H groups in total. The molecule has 3 heterocycles. The van der Waals surface area contributed by atoms with Crippen molar-refractivity contribution >= 4 is 22.6 Å². The van der Waals surface area contributed by atoms with Crippen LogP contribution in [0.4, 0.5) is 0 Å². The summed E-state index contributed by atoms with van der Waals surface area (Å²) in [6.45, 7) is 1.74. The predicted octanol–water partition coefficient (Wildman–Crippen LogP) is 2.10. The van der Waals surface area contributed by atoms with Crippen molar-refractivity contribution in [1.82, 2.24) is 19.7 Å². The molecule has 0 saturated carbocycles. The van der Waals surface area contributed by atoms with Gasteiger partial charge in [0.2, 0.25) is 0 Å². The second kappa shape index (κ2) is 6.03. The molecule has 2 aromatic rings. The molecule has 0 aromatic carbocycles. The Labute approximate surface area is 122 Å². The van der Waals surface area contributed by atoms with Crippen molar-refractivity contribution in [2.75, 3.05) is 13.2 Å². The number of ether oxygens (including phenoxy) is 2. The summed E-state index contributed by atoms with van der Waals surface area (Å²) in [7, 11) is 1.83. The largest absolute Gasteiger partial charge is 0.376 e. The number of aryl methyl sites for hydroxylation is 1. The maximum atomic E-state index is 6.12. The van der Waals surface area contributed by atoms with Gasteiger partial charge in [0.15, 0.2) is 11.5 Å². The molecule has 3 rings (SSSR count). The summed E-state index contributed by atoms with van der Waals surface area (Å²) in [5.41, 5.74) is 0.720. The summed E-state index contributed by atoms with van der Waals surface area (Å²) in [5.74, 6) is 0.571. The third kappa shape index (κ3) is 2.92. The lowest BCUT2D eigenvalue weighted by Crippen LogP contribution is -2.24. The molecular weight excluding hydrogens is 280 g/mol. The zero-order valence-corrected chi connectivity index (χ0v) is 12.1. The Kier molecular flexibility index (Phi) is 4.14. The van der Waals surface area contributed by atoms with Crippen LogP contribution in [-0.2, 0) is 23.1 Å². The van der Waals surface area contributed by atoms with E-state index in [1.165, 1.54) is 6.42 Å². The van der Waals surface area contributed by atoms with Gasteiger partial charge in [-0.3, -0.25) is 4.68 Å². The van der Waals surface area contributed by atoms with Crippen molar-refractivity contribution in [3.8, 4) is 0 Å². The topological polar surface area (TPSA) is 62.1 Å². The Morgan fingerprint density at radius 3 is 3.15 bits per heavy atom. The molecule has 1 aliphatic heterocycles. The van der Waals surface area contributed by atoms with Crippen molar-refractivity contribution in [2.24, 2.45) is 7.05 Å². The van der Waals surface area contributed by atoms with E-state index >= 15 is 0 Å².